The number of nitrogens with zero attached hydrogens (tertiary/aromatic N) is 1. The van der Waals surface area contributed by atoms with E-state index < -0.39 is 5.97 Å². The van der Waals surface area contributed by atoms with Crippen molar-refractivity contribution in [1.29, 1.82) is 5.26 Å². The average Bonchev–Trinajstić information content (AvgIpc) is 2.73. The first-order valence-electron chi connectivity index (χ1n) is 8.53. The first kappa shape index (κ1) is 21.9. The monoisotopic (exact) mass is 417 g/mol. The van der Waals surface area contributed by atoms with Crippen LogP contribution in [0.2, 0.25) is 5.02 Å². The Labute approximate surface area is 174 Å². The summed E-state index contributed by atoms with van der Waals surface area (Å²) in [6.45, 7) is 2.08. The van der Waals surface area contributed by atoms with Crippen LogP contribution < -0.4 is 23.7 Å². The first-order valence-corrected chi connectivity index (χ1v) is 8.91. The molecule has 0 fully saturated rings. The van der Waals surface area contributed by atoms with Crippen molar-refractivity contribution < 1.29 is 28.5 Å². The van der Waals surface area contributed by atoms with E-state index in [2.05, 4.69) is 0 Å². The van der Waals surface area contributed by atoms with Crippen molar-refractivity contribution in [3.63, 3.8) is 0 Å². The highest BCUT2D eigenvalue weighted by Crippen LogP contribution is 2.39. The molecule has 0 saturated heterocycles. The van der Waals surface area contributed by atoms with Crippen LogP contribution in [0.5, 0.6) is 28.7 Å². The molecule has 0 aromatic heterocycles. The molecule has 0 aliphatic rings. The lowest BCUT2D eigenvalue weighted by Gasteiger charge is -2.13. The second-order valence-electron chi connectivity index (χ2n) is 5.54. The molecule has 0 heterocycles. The van der Waals surface area contributed by atoms with Crippen molar-refractivity contribution in [3.8, 4) is 34.8 Å². The van der Waals surface area contributed by atoms with Crippen molar-refractivity contribution in [2.75, 3.05) is 27.9 Å². The molecule has 0 amide bonds. The quantitative estimate of drug-likeness (QED) is 0.360. The lowest BCUT2D eigenvalue weighted by atomic mass is 10.1. The Bertz CT molecular complexity index is 939. The zero-order valence-electron chi connectivity index (χ0n) is 16.4. The number of hydrogen-bond donors (Lipinski definition) is 0. The van der Waals surface area contributed by atoms with Gasteiger partial charge < -0.3 is 23.7 Å². The fraction of sp³-hybridized carbons (Fsp3) is 0.238. The van der Waals surface area contributed by atoms with Crippen LogP contribution in [-0.4, -0.2) is 33.9 Å². The van der Waals surface area contributed by atoms with E-state index in [1.165, 1.54) is 45.6 Å². The minimum absolute atomic E-state index is 0.0482. The van der Waals surface area contributed by atoms with Crippen molar-refractivity contribution in [2.24, 2.45) is 0 Å². The molecule has 152 valence electrons. The van der Waals surface area contributed by atoms with E-state index in [-0.39, 0.29) is 16.5 Å². The summed E-state index contributed by atoms with van der Waals surface area (Å²) in [6, 6.07) is 8.20. The van der Waals surface area contributed by atoms with Crippen LogP contribution in [0.15, 0.2) is 30.3 Å². The normalized spacial score (nSPS) is 10.3. The molecule has 2 aromatic rings. The zero-order valence-corrected chi connectivity index (χ0v) is 17.2. The molecule has 2 aromatic carbocycles. The fourth-order valence-electron chi connectivity index (χ4n) is 2.49. The standard InChI is InChI=1S/C21H20ClNO6/c1-5-28-18-11-14(12-23)8-15(22)20(18)29-19(24)7-6-13-9-16(25-2)21(27-4)17(10-13)26-3/h6-11H,5H2,1-4H3/b7-6+. The topological polar surface area (TPSA) is 87.0 Å². The van der Waals surface area contributed by atoms with Gasteiger partial charge in [-0.1, -0.05) is 11.6 Å². The average molecular weight is 418 g/mol. The van der Waals surface area contributed by atoms with Crippen molar-refractivity contribution in [3.05, 3.63) is 46.5 Å². The Hall–Kier alpha value is -3.37. The van der Waals surface area contributed by atoms with Crippen LogP contribution in [0.4, 0.5) is 0 Å². The smallest absolute Gasteiger partial charge is 0.336 e. The molecule has 2 rings (SSSR count). The predicted octanol–water partition coefficient (Wildman–Crippen LogP) is 4.25. The molecule has 0 atom stereocenters. The highest BCUT2D eigenvalue weighted by Gasteiger charge is 2.16. The Morgan fingerprint density at radius 2 is 1.69 bits per heavy atom. The molecule has 0 N–H and O–H groups in total. The molecule has 0 radical (unpaired) electrons. The summed E-state index contributed by atoms with van der Waals surface area (Å²) in [5, 5.41) is 9.15. The SMILES string of the molecule is CCOc1cc(C#N)cc(Cl)c1OC(=O)/C=C/c1cc(OC)c(OC)c(OC)c1. The van der Waals surface area contributed by atoms with Gasteiger partial charge in [-0.25, -0.2) is 4.79 Å². The van der Waals surface area contributed by atoms with Gasteiger partial charge in [0.15, 0.2) is 23.0 Å². The highest BCUT2D eigenvalue weighted by molar-refractivity contribution is 6.32. The number of rotatable bonds is 8. The molecule has 0 unspecified atom stereocenters. The third-order valence-electron chi connectivity index (χ3n) is 3.74. The third kappa shape index (κ3) is 5.33. The minimum Gasteiger partial charge on any atom is -0.493 e. The number of carbonyl (C=O) groups excluding carboxylic acids is 1. The molecule has 8 heteroatoms. The van der Waals surface area contributed by atoms with E-state index in [4.69, 9.17) is 40.5 Å². The molecular formula is C21H20ClNO6. The maximum Gasteiger partial charge on any atom is 0.336 e. The summed E-state index contributed by atoms with van der Waals surface area (Å²) in [4.78, 5) is 12.3. The van der Waals surface area contributed by atoms with Crippen molar-refractivity contribution in [2.45, 2.75) is 6.92 Å². The number of carbonyl (C=O) groups is 1. The van der Waals surface area contributed by atoms with Gasteiger partial charge >= 0.3 is 5.97 Å². The first-order chi connectivity index (χ1) is 14.0. The van der Waals surface area contributed by atoms with E-state index in [0.29, 0.717) is 35.0 Å². The van der Waals surface area contributed by atoms with E-state index >= 15 is 0 Å². The van der Waals surface area contributed by atoms with Crippen LogP contribution in [0.25, 0.3) is 6.08 Å². The van der Waals surface area contributed by atoms with Crippen LogP contribution in [0.3, 0.4) is 0 Å². The number of esters is 1. The molecule has 7 nitrogen and oxygen atoms in total. The fourth-order valence-corrected chi connectivity index (χ4v) is 2.74. The van der Waals surface area contributed by atoms with Gasteiger partial charge in [-0.3, -0.25) is 0 Å². The van der Waals surface area contributed by atoms with Crippen molar-refractivity contribution in [1.82, 2.24) is 0 Å². The number of methoxy groups -OCH3 is 3. The van der Waals surface area contributed by atoms with Crippen LogP contribution in [0.1, 0.15) is 18.1 Å². The van der Waals surface area contributed by atoms with E-state index in [1.807, 2.05) is 6.07 Å². The molecular weight excluding hydrogens is 398 g/mol. The maximum absolute atomic E-state index is 12.3. The van der Waals surface area contributed by atoms with Gasteiger partial charge in [0.25, 0.3) is 0 Å². The van der Waals surface area contributed by atoms with Gasteiger partial charge in [0, 0.05) is 12.1 Å². The zero-order chi connectivity index (χ0) is 21.4. The van der Waals surface area contributed by atoms with Crippen LogP contribution >= 0.6 is 11.6 Å². The number of ether oxygens (including phenoxy) is 5. The van der Waals surface area contributed by atoms with Gasteiger partial charge in [0.2, 0.25) is 5.75 Å². The predicted molar refractivity (Wildman–Crippen MR) is 108 cm³/mol. The van der Waals surface area contributed by atoms with Gasteiger partial charge in [0.05, 0.1) is 44.6 Å². The van der Waals surface area contributed by atoms with Gasteiger partial charge in [-0.15, -0.1) is 0 Å². The van der Waals surface area contributed by atoms with Crippen LogP contribution in [0, 0.1) is 11.3 Å². The van der Waals surface area contributed by atoms with E-state index in [9.17, 15) is 4.79 Å². The molecule has 0 bridgehead atoms. The summed E-state index contributed by atoms with van der Waals surface area (Å²) < 4.78 is 26.6. The molecule has 0 saturated carbocycles. The molecule has 0 spiro atoms. The highest BCUT2D eigenvalue weighted by atomic mass is 35.5. The Morgan fingerprint density at radius 3 is 2.21 bits per heavy atom. The van der Waals surface area contributed by atoms with E-state index in [1.54, 1.807) is 19.1 Å². The lowest BCUT2D eigenvalue weighted by Crippen LogP contribution is -2.06. The summed E-state index contributed by atoms with van der Waals surface area (Å²) in [5.41, 5.74) is 0.929. The summed E-state index contributed by atoms with van der Waals surface area (Å²) in [7, 11) is 4.51. The van der Waals surface area contributed by atoms with Gasteiger partial charge in [-0.05, 0) is 36.8 Å². The summed E-state index contributed by atoms with van der Waals surface area (Å²) in [5.74, 6) is 0.937. The lowest BCUT2D eigenvalue weighted by molar-refractivity contribution is -0.129. The minimum atomic E-state index is -0.675. The van der Waals surface area contributed by atoms with Crippen molar-refractivity contribution >= 4 is 23.6 Å². The largest absolute Gasteiger partial charge is 0.493 e. The number of halogens is 1. The number of benzene rings is 2. The Kier molecular flexibility index (Phi) is 7.75. The second-order valence-corrected chi connectivity index (χ2v) is 5.95. The maximum atomic E-state index is 12.3. The second kappa shape index (κ2) is 10.2. The number of hydrogen-bond acceptors (Lipinski definition) is 7. The molecule has 29 heavy (non-hydrogen) atoms. The summed E-state index contributed by atoms with van der Waals surface area (Å²) >= 11 is 6.14. The molecule has 0 aliphatic carbocycles. The number of nitriles is 1. The van der Waals surface area contributed by atoms with Gasteiger partial charge in [0.1, 0.15) is 0 Å². The van der Waals surface area contributed by atoms with Crippen LogP contribution in [-0.2, 0) is 4.79 Å². The Morgan fingerprint density at radius 1 is 1.03 bits per heavy atom. The van der Waals surface area contributed by atoms with E-state index in [0.717, 1.165) is 0 Å². The molecule has 0 aliphatic heterocycles. The third-order valence-corrected chi connectivity index (χ3v) is 4.02. The summed E-state index contributed by atoms with van der Waals surface area (Å²) in [6.07, 6.45) is 2.76. The van der Waals surface area contributed by atoms with Gasteiger partial charge in [-0.2, -0.15) is 5.26 Å². The Balaban J connectivity index is 2.28.